The van der Waals surface area contributed by atoms with Gasteiger partial charge in [-0.05, 0) is 100 Å². The van der Waals surface area contributed by atoms with Crippen LogP contribution in [0.15, 0.2) is 53.0 Å². The average Bonchev–Trinajstić information content (AvgIpc) is 3.24. The zero-order chi connectivity index (χ0) is 28.6. The molecule has 0 spiro atoms. The van der Waals surface area contributed by atoms with E-state index in [0.29, 0.717) is 22.4 Å². The van der Waals surface area contributed by atoms with E-state index in [1.807, 2.05) is 42.5 Å². The first-order valence-corrected chi connectivity index (χ1v) is 14.8. The Kier molecular flexibility index (Phi) is 7.98. The Morgan fingerprint density at radius 2 is 1.82 bits per heavy atom. The second-order valence-electron chi connectivity index (χ2n) is 11.0. The highest BCUT2D eigenvalue weighted by Crippen LogP contribution is 2.44. The largest absolute Gasteiger partial charge is 0.489 e. The lowest BCUT2D eigenvalue weighted by molar-refractivity contribution is -0.115. The van der Waals surface area contributed by atoms with E-state index in [-0.39, 0.29) is 5.91 Å². The summed E-state index contributed by atoms with van der Waals surface area (Å²) in [6, 6.07) is 12.1. The van der Waals surface area contributed by atoms with E-state index in [0.717, 1.165) is 63.1 Å². The number of ether oxygens (including phenoxy) is 3. The highest BCUT2D eigenvalue weighted by Gasteiger charge is 2.36. The topological polar surface area (TPSA) is 56.8 Å². The second-order valence-corrected chi connectivity index (χ2v) is 12.7. The van der Waals surface area contributed by atoms with Crippen molar-refractivity contribution in [3.8, 4) is 17.2 Å². The van der Waals surface area contributed by atoms with Gasteiger partial charge in [0.25, 0.3) is 5.91 Å². The van der Waals surface area contributed by atoms with Crippen molar-refractivity contribution < 1.29 is 19.0 Å². The molecule has 0 saturated carbocycles. The maximum Gasteiger partial charge on any atom is 0.263 e. The molecule has 40 heavy (non-hydrogen) atoms. The Balaban J connectivity index is 1.38. The quantitative estimate of drug-likeness (QED) is 0.177. The van der Waals surface area contributed by atoms with E-state index in [1.165, 1.54) is 22.9 Å². The summed E-state index contributed by atoms with van der Waals surface area (Å²) < 4.78 is 19.9. The number of rotatable bonds is 7. The van der Waals surface area contributed by atoms with E-state index in [9.17, 15) is 4.79 Å². The number of carbonyl (C=O) groups is 1. The summed E-state index contributed by atoms with van der Waals surface area (Å²) >= 11 is 6.43. The third kappa shape index (κ3) is 5.63. The van der Waals surface area contributed by atoms with Crippen molar-refractivity contribution in [2.24, 2.45) is 0 Å². The van der Waals surface area contributed by atoms with Gasteiger partial charge in [-0.1, -0.05) is 59.9 Å². The third-order valence-electron chi connectivity index (χ3n) is 7.66. The zero-order valence-corrected chi connectivity index (χ0v) is 25.5. The fourth-order valence-electron chi connectivity index (χ4n) is 5.23. The number of thiocarbonyl (C=S) groups is 1. The van der Waals surface area contributed by atoms with Crippen molar-refractivity contribution in [1.82, 2.24) is 5.32 Å². The molecule has 7 heteroatoms. The van der Waals surface area contributed by atoms with Gasteiger partial charge in [-0.15, -0.1) is 0 Å². The number of nitrogens with one attached hydrogen (secondary N) is 1. The monoisotopic (exact) mass is 573 g/mol. The number of allylic oxidation sites excluding steroid dienone is 1. The summed E-state index contributed by atoms with van der Waals surface area (Å²) in [6.45, 7) is 13.6. The Hall–Kier alpha value is -3.29. The molecule has 2 aliphatic heterocycles. The van der Waals surface area contributed by atoms with Crippen molar-refractivity contribution >= 4 is 51.1 Å². The molecule has 3 aromatic carbocycles. The predicted molar refractivity (Wildman–Crippen MR) is 169 cm³/mol. The van der Waals surface area contributed by atoms with Crippen LogP contribution in [-0.2, 0) is 11.2 Å². The van der Waals surface area contributed by atoms with Crippen LogP contribution in [0.3, 0.4) is 0 Å². The minimum atomic E-state index is -0.475. The maximum atomic E-state index is 12.2. The van der Waals surface area contributed by atoms with Crippen LogP contribution in [0.2, 0.25) is 0 Å². The molecule has 1 N–H and O–H groups in total. The van der Waals surface area contributed by atoms with Crippen LogP contribution in [0.1, 0.15) is 55.0 Å². The summed E-state index contributed by atoms with van der Waals surface area (Å²) in [5, 5.41) is 4.69. The molecule has 1 unspecified atom stereocenters. The van der Waals surface area contributed by atoms with Gasteiger partial charge in [-0.3, -0.25) is 4.79 Å². The number of amides is 1. The SMILES string of the molecule is CC(C)=CCOc1c(C)c(C)c2c(c1C)CCC(C)(COc1ccc(/C=C3\SC(=S)NC3=O)c3ccccc13)O2. The number of fused-ring (bicyclic) bond motifs is 2. The summed E-state index contributed by atoms with van der Waals surface area (Å²) in [5.41, 5.74) is 6.34. The van der Waals surface area contributed by atoms with Gasteiger partial charge >= 0.3 is 0 Å². The van der Waals surface area contributed by atoms with Gasteiger partial charge < -0.3 is 19.5 Å². The lowest BCUT2D eigenvalue weighted by atomic mass is 9.87. The number of hydrogen-bond acceptors (Lipinski definition) is 6. The van der Waals surface area contributed by atoms with Crippen molar-refractivity contribution in [3.05, 3.63) is 80.8 Å². The van der Waals surface area contributed by atoms with Gasteiger partial charge in [0.05, 0.1) is 4.91 Å². The normalized spacial score (nSPS) is 19.3. The van der Waals surface area contributed by atoms with Crippen LogP contribution >= 0.6 is 24.0 Å². The Bertz CT molecular complexity index is 1590. The number of benzene rings is 3. The fourth-order valence-corrected chi connectivity index (χ4v) is 6.27. The highest BCUT2D eigenvalue weighted by molar-refractivity contribution is 8.26. The van der Waals surface area contributed by atoms with E-state index < -0.39 is 5.60 Å². The first kappa shape index (κ1) is 28.2. The molecule has 1 amide bonds. The highest BCUT2D eigenvalue weighted by atomic mass is 32.2. The molecule has 1 saturated heterocycles. The average molecular weight is 574 g/mol. The lowest BCUT2D eigenvalue weighted by Crippen LogP contribution is -2.42. The third-order valence-corrected chi connectivity index (χ3v) is 8.82. The van der Waals surface area contributed by atoms with Crippen LogP contribution in [0, 0.1) is 20.8 Å². The van der Waals surface area contributed by atoms with Crippen molar-refractivity contribution in [3.63, 3.8) is 0 Å². The zero-order valence-electron chi connectivity index (χ0n) is 23.9. The van der Waals surface area contributed by atoms with Crippen molar-refractivity contribution in [2.75, 3.05) is 13.2 Å². The van der Waals surface area contributed by atoms with Gasteiger partial charge in [0.1, 0.15) is 40.4 Å². The molecule has 2 heterocycles. The Labute approximate surface area is 246 Å². The molecule has 2 aliphatic rings. The molecule has 3 aromatic rings. The minimum Gasteiger partial charge on any atom is -0.489 e. The molecule has 0 bridgehead atoms. The van der Waals surface area contributed by atoms with Crippen LogP contribution in [0.4, 0.5) is 0 Å². The Morgan fingerprint density at radius 1 is 1.07 bits per heavy atom. The van der Waals surface area contributed by atoms with Gasteiger partial charge in [0, 0.05) is 10.9 Å². The molecular weight excluding hydrogens is 539 g/mol. The summed E-state index contributed by atoms with van der Waals surface area (Å²) in [6.07, 6.45) is 5.73. The first-order chi connectivity index (χ1) is 19.1. The Morgan fingerprint density at radius 3 is 2.52 bits per heavy atom. The van der Waals surface area contributed by atoms with E-state index >= 15 is 0 Å². The molecule has 5 rings (SSSR count). The predicted octanol–water partition coefficient (Wildman–Crippen LogP) is 7.76. The van der Waals surface area contributed by atoms with Gasteiger partial charge in [-0.2, -0.15) is 0 Å². The van der Waals surface area contributed by atoms with Crippen molar-refractivity contribution in [1.29, 1.82) is 0 Å². The molecule has 1 fully saturated rings. The number of carbonyl (C=O) groups excluding carboxylic acids is 1. The van der Waals surface area contributed by atoms with Crippen LogP contribution < -0.4 is 19.5 Å². The van der Waals surface area contributed by atoms with Gasteiger partial charge in [0.15, 0.2) is 0 Å². The minimum absolute atomic E-state index is 0.158. The standard InChI is InChI=1S/C33H35NO4S2/c1-19(2)14-16-36-29-20(3)21(4)30-24(22(29)5)13-15-33(6,38-30)18-37-27-12-11-23(25-9-7-8-10-26(25)27)17-28-31(35)34-32(39)40-28/h7-12,14,17H,13,15-16,18H2,1-6H3,(H,34,35,39)/b28-17-. The first-order valence-electron chi connectivity index (χ1n) is 13.5. The molecular formula is C33H35NO4S2. The molecule has 0 radical (unpaired) electrons. The number of thioether (sulfide) groups is 1. The molecule has 1 atom stereocenters. The lowest BCUT2D eigenvalue weighted by Gasteiger charge is -2.38. The van der Waals surface area contributed by atoms with Crippen LogP contribution in [-0.4, -0.2) is 29.0 Å². The summed E-state index contributed by atoms with van der Waals surface area (Å²) in [4.78, 5) is 12.8. The van der Waals surface area contributed by atoms with E-state index in [1.54, 1.807) is 0 Å². The van der Waals surface area contributed by atoms with Crippen LogP contribution in [0.5, 0.6) is 17.2 Å². The van der Waals surface area contributed by atoms with Gasteiger partial charge in [-0.25, -0.2) is 0 Å². The van der Waals surface area contributed by atoms with Crippen molar-refractivity contribution in [2.45, 2.75) is 60.0 Å². The molecule has 208 valence electrons. The van der Waals surface area contributed by atoms with E-state index in [4.69, 9.17) is 26.4 Å². The molecule has 0 aromatic heterocycles. The second kappa shape index (κ2) is 11.3. The molecule has 0 aliphatic carbocycles. The summed E-state index contributed by atoms with van der Waals surface area (Å²) in [5.74, 6) is 2.56. The van der Waals surface area contributed by atoms with Crippen LogP contribution in [0.25, 0.3) is 16.8 Å². The van der Waals surface area contributed by atoms with E-state index in [2.05, 4.69) is 52.9 Å². The smallest absolute Gasteiger partial charge is 0.263 e. The summed E-state index contributed by atoms with van der Waals surface area (Å²) in [7, 11) is 0. The fraction of sp³-hybridized carbons (Fsp3) is 0.333. The molecule has 5 nitrogen and oxygen atoms in total. The maximum absolute atomic E-state index is 12.2. The van der Waals surface area contributed by atoms with Gasteiger partial charge in [0.2, 0.25) is 0 Å². The number of hydrogen-bond donors (Lipinski definition) is 1.